The zero-order valence-electron chi connectivity index (χ0n) is 8.16. The van der Waals surface area contributed by atoms with Crippen molar-refractivity contribution >= 4 is 12.1 Å². The number of ether oxygens (including phenoxy) is 1. The van der Waals surface area contributed by atoms with Crippen molar-refractivity contribution < 1.29 is 19.4 Å². The summed E-state index contributed by atoms with van der Waals surface area (Å²) >= 11 is 0. The number of alkyl carbamates (subject to hydrolysis) is 1. The first kappa shape index (κ1) is 12.5. The first-order valence-corrected chi connectivity index (χ1v) is 4.38. The number of rotatable bonds is 6. The van der Waals surface area contributed by atoms with Crippen LogP contribution in [0, 0.1) is 0 Å². The van der Waals surface area contributed by atoms with Crippen LogP contribution in [0.15, 0.2) is 12.7 Å². The summed E-state index contributed by atoms with van der Waals surface area (Å²) in [5.74, 6) is -1.05. The highest BCUT2D eigenvalue weighted by Crippen LogP contribution is 1.97. The van der Waals surface area contributed by atoms with Crippen molar-refractivity contribution in [2.24, 2.45) is 0 Å². The Morgan fingerprint density at radius 3 is 2.71 bits per heavy atom. The van der Waals surface area contributed by atoms with E-state index in [1.54, 1.807) is 0 Å². The van der Waals surface area contributed by atoms with E-state index in [9.17, 15) is 9.59 Å². The number of hydrogen-bond acceptors (Lipinski definition) is 3. The molecule has 1 atom stereocenters. The molecule has 2 N–H and O–H groups in total. The van der Waals surface area contributed by atoms with Crippen LogP contribution < -0.4 is 5.32 Å². The SMILES string of the molecule is C=CCOC(=O)N[C@H](CCC)C(=O)O. The monoisotopic (exact) mass is 201 g/mol. The highest BCUT2D eigenvalue weighted by atomic mass is 16.5. The van der Waals surface area contributed by atoms with Gasteiger partial charge >= 0.3 is 12.1 Å². The summed E-state index contributed by atoms with van der Waals surface area (Å²) in [6, 6.07) is -0.877. The lowest BCUT2D eigenvalue weighted by atomic mass is 10.2. The molecule has 0 heterocycles. The van der Waals surface area contributed by atoms with Gasteiger partial charge in [-0.1, -0.05) is 26.0 Å². The van der Waals surface area contributed by atoms with Crippen LogP contribution in [0.4, 0.5) is 4.79 Å². The number of carboxylic acids is 1. The number of amides is 1. The van der Waals surface area contributed by atoms with E-state index in [4.69, 9.17) is 5.11 Å². The first-order valence-electron chi connectivity index (χ1n) is 4.38. The fourth-order valence-electron chi connectivity index (χ4n) is 0.865. The Bertz CT molecular complexity index is 215. The molecule has 5 nitrogen and oxygen atoms in total. The van der Waals surface area contributed by atoms with Gasteiger partial charge in [-0.2, -0.15) is 0 Å². The molecule has 0 aromatic rings. The van der Waals surface area contributed by atoms with Gasteiger partial charge in [0, 0.05) is 0 Å². The van der Waals surface area contributed by atoms with Gasteiger partial charge in [-0.05, 0) is 6.42 Å². The average Bonchev–Trinajstić information content (AvgIpc) is 2.14. The van der Waals surface area contributed by atoms with E-state index in [0.29, 0.717) is 12.8 Å². The maximum absolute atomic E-state index is 10.9. The summed E-state index contributed by atoms with van der Waals surface area (Å²) in [4.78, 5) is 21.6. The van der Waals surface area contributed by atoms with Gasteiger partial charge in [0.25, 0.3) is 0 Å². The summed E-state index contributed by atoms with van der Waals surface area (Å²) in [5.41, 5.74) is 0. The highest BCUT2D eigenvalue weighted by Gasteiger charge is 2.18. The minimum Gasteiger partial charge on any atom is -0.480 e. The van der Waals surface area contributed by atoms with E-state index >= 15 is 0 Å². The number of nitrogens with one attached hydrogen (secondary N) is 1. The van der Waals surface area contributed by atoms with Gasteiger partial charge in [-0.3, -0.25) is 0 Å². The van der Waals surface area contributed by atoms with E-state index in [2.05, 4.69) is 16.6 Å². The molecule has 0 aliphatic rings. The zero-order chi connectivity index (χ0) is 11.0. The molecular formula is C9H15NO4. The van der Waals surface area contributed by atoms with Gasteiger partial charge < -0.3 is 15.2 Å². The molecule has 0 aliphatic carbocycles. The van der Waals surface area contributed by atoms with Crippen LogP contribution in [-0.2, 0) is 9.53 Å². The number of carbonyl (C=O) groups excluding carboxylic acids is 1. The molecule has 0 unspecified atom stereocenters. The van der Waals surface area contributed by atoms with Crippen LogP contribution in [0.5, 0.6) is 0 Å². The molecule has 0 radical (unpaired) electrons. The number of aliphatic carboxylic acids is 1. The van der Waals surface area contributed by atoms with Crippen molar-refractivity contribution in [3.8, 4) is 0 Å². The normalized spacial score (nSPS) is 11.5. The van der Waals surface area contributed by atoms with Crippen LogP contribution >= 0.6 is 0 Å². The number of carboxylic acid groups (broad SMARTS) is 1. The Kier molecular flexibility index (Phi) is 6.19. The van der Waals surface area contributed by atoms with Crippen LogP contribution in [-0.4, -0.2) is 29.8 Å². The Morgan fingerprint density at radius 1 is 1.64 bits per heavy atom. The van der Waals surface area contributed by atoms with Crippen LogP contribution in [0.25, 0.3) is 0 Å². The van der Waals surface area contributed by atoms with Crippen molar-refractivity contribution in [2.75, 3.05) is 6.61 Å². The van der Waals surface area contributed by atoms with Crippen molar-refractivity contribution in [1.29, 1.82) is 0 Å². The zero-order valence-corrected chi connectivity index (χ0v) is 8.16. The molecule has 5 heteroatoms. The summed E-state index contributed by atoms with van der Waals surface area (Å²) in [6.45, 7) is 5.28. The summed E-state index contributed by atoms with van der Waals surface area (Å²) in [7, 11) is 0. The van der Waals surface area contributed by atoms with Gasteiger partial charge in [0.15, 0.2) is 0 Å². The lowest BCUT2D eigenvalue weighted by molar-refractivity contribution is -0.139. The Morgan fingerprint density at radius 2 is 2.29 bits per heavy atom. The average molecular weight is 201 g/mol. The van der Waals surface area contributed by atoms with Crippen molar-refractivity contribution in [3.05, 3.63) is 12.7 Å². The van der Waals surface area contributed by atoms with E-state index < -0.39 is 18.1 Å². The molecule has 0 aliphatic heterocycles. The Balaban J connectivity index is 3.95. The topological polar surface area (TPSA) is 75.6 Å². The minimum atomic E-state index is -1.05. The molecule has 80 valence electrons. The molecule has 0 aromatic carbocycles. The summed E-state index contributed by atoms with van der Waals surface area (Å²) < 4.78 is 4.59. The highest BCUT2D eigenvalue weighted by molar-refractivity contribution is 5.79. The van der Waals surface area contributed by atoms with Gasteiger partial charge in [0.1, 0.15) is 12.6 Å². The second kappa shape index (κ2) is 6.94. The van der Waals surface area contributed by atoms with Crippen molar-refractivity contribution in [2.45, 2.75) is 25.8 Å². The van der Waals surface area contributed by atoms with Crippen LogP contribution in [0.1, 0.15) is 19.8 Å². The van der Waals surface area contributed by atoms with Gasteiger partial charge in [-0.25, -0.2) is 9.59 Å². The third-order valence-electron chi connectivity index (χ3n) is 1.50. The maximum atomic E-state index is 10.9. The predicted molar refractivity (Wildman–Crippen MR) is 51.0 cm³/mol. The lowest BCUT2D eigenvalue weighted by Crippen LogP contribution is -2.40. The molecule has 0 fully saturated rings. The standard InChI is InChI=1S/C9H15NO4/c1-3-5-7(8(11)12)10-9(13)14-6-4-2/h4,7H,2-3,5-6H2,1H3,(H,10,13)(H,11,12)/t7-/m1/s1. The van der Waals surface area contributed by atoms with E-state index in [0.717, 1.165) is 0 Å². The van der Waals surface area contributed by atoms with E-state index in [1.165, 1.54) is 6.08 Å². The third-order valence-corrected chi connectivity index (χ3v) is 1.50. The van der Waals surface area contributed by atoms with Crippen molar-refractivity contribution in [3.63, 3.8) is 0 Å². The largest absolute Gasteiger partial charge is 0.480 e. The molecule has 0 saturated carbocycles. The number of hydrogen-bond donors (Lipinski definition) is 2. The second-order valence-electron chi connectivity index (χ2n) is 2.71. The number of carbonyl (C=O) groups is 2. The predicted octanol–water partition coefficient (Wildman–Crippen LogP) is 1.15. The fourth-order valence-corrected chi connectivity index (χ4v) is 0.865. The summed E-state index contributed by atoms with van der Waals surface area (Å²) in [5, 5.41) is 10.9. The molecule has 0 spiro atoms. The summed E-state index contributed by atoms with van der Waals surface area (Å²) in [6.07, 6.45) is 1.75. The van der Waals surface area contributed by atoms with E-state index in [-0.39, 0.29) is 6.61 Å². The molecule has 0 bridgehead atoms. The molecule has 0 saturated heterocycles. The van der Waals surface area contributed by atoms with Crippen LogP contribution in [0.2, 0.25) is 0 Å². The first-order chi connectivity index (χ1) is 6.61. The third kappa shape index (κ3) is 5.18. The Labute approximate surface area is 82.7 Å². The quantitative estimate of drug-likeness (QED) is 0.632. The van der Waals surface area contributed by atoms with Gasteiger partial charge in [0.05, 0.1) is 0 Å². The molecule has 14 heavy (non-hydrogen) atoms. The van der Waals surface area contributed by atoms with Gasteiger partial charge in [-0.15, -0.1) is 0 Å². The smallest absolute Gasteiger partial charge is 0.408 e. The fraction of sp³-hybridized carbons (Fsp3) is 0.556. The maximum Gasteiger partial charge on any atom is 0.408 e. The second-order valence-corrected chi connectivity index (χ2v) is 2.71. The molecule has 0 rings (SSSR count). The van der Waals surface area contributed by atoms with Crippen LogP contribution in [0.3, 0.4) is 0 Å². The minimum absolute atomic E-state index is 0.0737. The lowest BCUT2D eigenvalue weighted by Gasteiger charge is -2.12. The van der Waals surface area contributed by atoms with E-state index in [1.807, 2.05) is 6.92 Å². The Hall–Kier alpha value is -1.52. The molecule has 1 amide bonds. The van der Waals surface area contributed by atoms with Gasteiger partial charge in [0.2, 0.25) is 0 Å². The van der Waals surface area contributed by atoms with Crippen molar-refractivity contribution in [1.82, 2.24) is 5.32 Å². The molecular weight excluding hydrogens is 186 g/mol. The molecule has 0 aromatic heterocycles.